The zero-order valence-corrected chi connectivity index (χ0v) is 12.0. The maximum Gasteiger partial charge on any atom is 0.130 e. The van der Waals surface area contributed by atoms with Crippen LogP contribution in [-0.4, -0.2) is 14.7 Å². The van der Waals surface area contributed by atoms with Crippen LogP contribution < -0.4 is 0 Å². The largest absolute Gasteiger partial charge is 0.259 e. The van der Waals surface area contributed by atoms with Gasteiger partial charge in [0.1, 0.15) is 5.82 Å². The Labute approximate surface area is 120 Å². The highest BCUT2D eigenvalue weighted by atomic mass is 32.2. The third-order valence-corrected chi connectivity index (χ3v) is 6.16. The summed E-state index contributed by atoms with van der Waals surface area (Å²) in [4.78, 5) is 0. The number of benzene rings is 1. The molecular formula is C16H16FNOS. The van der Waals surface area contributed by atoms with Crippen LogP contribution in [0.2, 0.25) is 0 Å². The first kappa shape index (κ1) is 13.5. The van der Waals surface area contributed by atoms with Gasteiger partial charge in [0.2, 0.25) is 0 Å². The van der Waals surface area contributed by atoms with Gasteiger partial charge in [0.05, 0.1) is 17.7 Å². The SMILES string of the molecule is N#CCc1ccc(F)c(C2=CC3CCCC(C2)S3=O)c1. The van der Waals surface area contributed by atoms with Crippen molar-refractivity contribution in [2.24, 2.45) is 0 Å². The smallest absolute Gasteiger partial charge is 0.130 e. The standard InChI is InChI=1S/C16H16FNOS/c17-16-5-4-11(6-7-18)8-15(16)12-9-13-2-1-3-14(10-12)20(13)19/h4-5,8-9,13-14H,1-3,6,10H2. The molecule has 1 fully saturated rings. The van der Waals surface area contributed by atoms with E-state index in [1.54, 1.807) is 12.1 Å². The van der Waals surface area contributed by atoms with E-state index in [-0.39, 0.29) is 16.3 Å². The van der Waals surface area contributed by atoms with Crippen molar-refractivity contribution >= 4 is 16.4 Å². The van der Waals surface area contributed by atoms with Gasteiger partial charge in [-0.2, -0.15) is 5.26 Å². The molecule has 0 spiro atoms. The molecule has 20 heavy (non-hydrogen) atoms. The molecule has 2 nitrogen and oxygen atoms in total. The third kappa shape index (κ3) is 2.43. The second kappa shape index (κ2) is 5.49. The van der Waals surface area contributed by atoms with E-state index in [4.69, 9.17) is 5.26 Å². The van der Waals surface area contributed by atoms with Gasteiger partial charge in [-0.1, -0.05) is 18.6 Å². The fourth-order valence-corrected chi connectivity index (χ4v) is 5.05. The minimum absolute atomic E-state index is 0.0801. The van der Waals surface area contributed by atoms with E-state index in [0.29, 0.717) is 18.4 Å². The van der Waals surface area contributed by atoms with Gasteiger partial charge >= 0.3 is 0 Å². The van der Waals surface area contributed by atoms with E-state index >= 15 is 0 Å². The van der Waals surface area contributed by atoms with Gasteiger partial charge in [-0.05, 0) is 42.5 Å². The van der Waals surface area contributed by atoms with E-state index in [1.165, 1.54) is 6.07 Å². The lowest BCUT2D eigenvalue weighted by atomic mass is 9.92. The highest BCUT2D eigenvalue weighted by Gasteiger charge is 2.34. The number of rotatable bonds is 2. The first-order valence-corrected chi connectivity index (χ1v) is 8.22. The molecule has 2 aliphatic rings. The molecule has 2 heterocycles. The summed E-state index contributed by atoms with van der Waals surface area (Å²) in [5, 5.41) is 9.01. The Bertz CT molecular complexity index is 632. The average molecular weight is 289 g/mol. The summed E-state index contributed by atoms with van der Waals surface area (Å²) in [6.07, 6.45) is 6.00. The van der Waals surface area contributed by atoms with Crippen LogP contribution >= 0.6 is 0 Å². The molecule has 1 aromatic carbocycles. The number of nitrogens with zero attached hydrogens (tertiary/aromatic N) is 1. The normalized spacial score (nSPS) is 28.6. The van der Waals surface area contributed by atoms with Crippen LogP contribution in [0, 0.1) is 17.1 Å². The van der Waals surface area contributed by atoms with Crippen molar-refractivity contribution in [3.8, 4) is 6.07 Å². The molecule has 2 bridgehead atoms. The van der Waals surface area contributed by atoms with Crippen LogP contribution in [0.3, 0.4) is 0 Å². The fraction of sp³-hybridized carbons (Fsp3) is 0.438. The summed E-state index contributed by atoms with van der Waals surface area (Å²) >= 11 is 0. The highest BCUT2D eigenvalue weighted by Crippen LogP contribution is 2.37. The summed E-state index contributed by atoms with van der Waals surface area (Å²) in [6, 6.07) is 6.95. The Morgan fingerprint density at radius 1 is 1.40 bits per heavy atom. The molecule has 104 valence electrons. The number of fused-ring (bicyclic) bond motifs is 2. The van der Waals surface area contributed by atoms with E-state index < -0.39 is 10.8 Å². The van der Waals surface area contributed by atoms with Crippen LogP contribution in [0.1, 0.15) is 36.8 Å². The Balaban J connectivity index is 1.99. The topological polar surface area (TPSA) is 40.9 Å². The molecule has 4 heteroatoms. The van der Waals surface area contributed by atoms with Gasteiger partial charge in [-0.15, -0.1) is 0 Å². The number of halogens is 1. The predicted molar refractivity (Wildman–Crippen MR) is 77.9 cm³/mol. The molecule has 1 aromatic rings. The maximum absolute atomic E-state index is 14.1. The van der Waals surface area contributed by atoms with Gasteiger partial charge in [0.15, 0.2) is 0 Å². The number of hydrogen-bond acceptors (Lipinski definition) is 2. The zero-order chi connectivity index (χ0) is 14.1. The van der Waals surface area contributed by atoms with E-state index in [9.17, 15) is 8.60 Å². The second-order valence-electron chi connectivity index (χ2n) is 5.47. The first-order valence-electron chi connectivity index (χ1n) is 6.95. The Morgan fingerprint density at radius 2 is 2.25 bits per heavy atom. The lowest BCUT2D eigenvalue weighted by Crippen LogP contribution is -2.33. The molecule has 3 unspecified atom stereocenters. The minimum atomic E-state index is -0.797. The summed E-state index contributed by atoms with van der Waals surface area (Å²) in [5.74, 6) is -0.247. The molecule has 0 aromatic heterocycles. The van der Waals surface area contributed by atoms with Crippen molar-refractivity contribution < 1.29 is 8.60 Å². The van der Waals surface area contributed by atoms with E-state index in [1.807, 2.05) is 6.08 Å². The van der Waals surface area contributed by atoms with Crippen molar-refractivity contribution in [3.63, 3.8) is 0 Å². The quantitative estimate of drug-likeness (QED) is 0.837. The molecule has 0 saturated carbocycles. The average Bonchev–Trinajstić information content (AvgIpc) is 2.41. The van der Waals surface area contributed by atoms with Crippen LogP contribution in [0.4, 0.5) is 4.39 Å². The van der Waals surface area contributed by atoms with Crippen molar-refractivity contribution in [2.75, 3.05) is 0 Å². The molecule has 2 aliphatic heterocycles. The van der Waals surface area contributed by atoms with Gasteiger partial charge in [-0.25, -0.2) is 4.39 Å². The summed E-state index contributed by atoms with van der Waals surface area (Å²) in [5.41, 5.74) is 2.39. The molecular weight excluding hydrogens is 273 g/mol. The van der Waals surface area contributed by atoms with Crippen LogP contribution in [0.15, 0.2) is 24.3 Å². The minimum Gasteiger partial charge on any atom is -0.259 e. The van der Waals surface area contributed by atoms with Gasteiger partial charge < -0.3 is 0 Å². The highest BCUT2D eigenvalue weighted by molar-refractivity contribution is 7.86. The fourth-order valence-electron chi connectivity index (χ4n) is 3.12. The van der Waals surface area contributed by atoms with Gasteiger partial charge in [0, 0.05) is 21.6 Å². The van der Waals surface area contributed by atoms with E-state index in [2.05, 4.69) is 6.07 Å². The lowest BCUT2D eigenvalue weighted by Gasteiger charge is -2.33. The van der Waals surface area contributed by atoms with Crippen molar-refractivity contribution in [2.45, 2.75) is 42.6 Å². The second-order valence-corrected chi connectivity index (χ2v) is 7.39. The molecule has 1 saturated heterocycles. The zero-order valence-electron chi connectivity index (χ0n) is 11.1. The Morgan fingerprint density at radius 3 is 3.00 bits per heavy atom. The molecule has 0 amide bonds. The molecule has 3 atom stereocenters. The lowest BCUT2D eigenvalue weighted by molar-refractivity contribution is 0.576. The molecule has 3 rings (SSSR count). The predicted octanol–water partition coefficient (Wildman–Crippen LogP) is 3.35. The Kier molecular flexibility index (Phi) is 3.71. The van der Waals surface area contributed by atoms with Crippen molar-refractivity contribution in [1.82, 2.24) is 0 Å². The maximum atomic E-state index is 14.1. The number of hydrogen-bond donors (Lipinski definition) is 0. The molecule has 0 radical (unpaired) electrons. The molecule has 0 aliphatic carbocycles. The van der Waals surface area contributed by atoms with Crippen molar-refractivity contribution in [3.05, 3.63) is 41.2 Å². The van der Waals surface area contributed by atoms with E-state index in [0.717, 1.165) is 30.4 Å². The van der Waals surface area contributed by atoms with Crippen LogP contribution in [0.5, 0.6) is 0 Å². The Hall–Kier alpha value is -1.47. The molecule has 0 N–H and O–H groups in total. The van der Waals surface area contributed by atoms with Crippen molar-refractivity contribution in [1.29, 1.82) is 5.26 Å². The van der Waals surface area contributed by atoms with Crippen LogP contribution in [0.25, 0.3) is 5.57 Å². The number of nitriles is 1. The summed E-state index contributed by atoms with van der Waals surface area (Å²) in [6.45, 7) is 0. The summed E-state index contributed by atoms with van der Waals surface area (Å²) in [7, 11) is -0.797. The first-order chi connectivity index (χ1) is 9.69. The number of allylic oxidation sites excluding steroid dienone is 1. The summed E-state index contributed by atoms with van der Waals surface area (Å²) < 4.78 is 26.2. The van der Waals surface area contributed by atoms with Gasteiger partial charge in [0.25, 0.3) is 0 Å². The monoisotopic (exact) mass is 289 g/mol. The van der Waals surface area contributed by atoms with Gasteiger partial charge in [-0.3, -0.25) is 4.21 Å². The third-order valence-electron chi connectivity index (χ3n) is 4.14. The van der Waals surface area contributed by atoms with Crippen LogP contribution in [-0.2, 0) is 17.2 Å².